The highest BCUT2D eigenvalue weighted by Crippen LogP contribution is 2.12. The van der Waals surface area contributed by atoms with Gasteiger partial charge in [0.05, 0.1) is 18.8 Å². The third-order valence-corrected chi connectivity index (χ3v) is 2.87. The zero-order valence-corrected chi connectivity index (χ0v) is 12.4. The van der Waals surface area contributed by atoms with Crippen molar-refractivity contribution >= 4 is 5.95 Å². The Morgan fingerprint density at radius 1 is 1.19 bits per heavy atom. The molecule has 21 heavy (non-hydrogen) atoms. The van der Waals surface area contributed by atoms with Gasteiger partial charge in [-0.05, 0) is 25.8 Å². The van der Waals surface area contributed by atoms with E-state index in [4.69, 9.17) is 4.74 Å². The second kappa shape index (κ2) is 7.59. The van der Waals surface area contributed by atoms with Crippen LogP contribution in [0.25, 0.3) is 0 Å². The summed E-state index contributed by atoms with van der Waals surface area (Å²) < 4.78 is 5.53. The fourth-order valence-electron chi connectivity index (χ4n) is 1.96. The molecule has 112 valence electrons. The first-order valence-electron chi connectivity index (χ1n) is 7.08. The summed E-state index contributed by atoms with van der Waals surface area (Å²) in [5, 5.41) is 12.7. The lowest BCUT2D eigenvalue weighted by molar-refractivity contribution is 0.232. The monoisotopic (exact) mass is 287 g/mol. The second-order valence-electron chi connectivity index (χ2n) is 5.10. The Hall–Kier alpha value is -2.14. The van der Waals surface area contributed by atoms with E-state index in [1.807, 2.05) is 44.2 Å². The van der Waals surface area contributed by atoms with Crippen LogP contribution < -0.4 is 10.1 Å². The molecule has 0 radical (unpaired) electrons. The molecule has 0 amide bonds. The largest absolute Gasteiger partial charge is 0.475 e. The molecule has 0 fully saturated rings. The molecule has 0 saturated heterocycles. The van der Waals surface area contributed by atoms with Gasteiger partial charge in [-0.1, -0.05) is 30.3 Å². The number of hydrogen-bond acceptors (Lipinski definition) is 5. The number of aliphatic hydroxyl groups excluding tert-OH is 1. The molecule has 1 aromatic carbocycles. The number of rotatable bonds is 7. The van der Waals surface area contributed by atoms with Crippen molar-refractivity contribution in [1.82, 2.24) is 9.97 Å². The molecule has 2 rings (SSSR count). The standard InChI is InChI=1S/C16H21N3O2/c1-12(2)21-15-8-9-17-16(19-15)18-14(11-20)10-13-6-4-3-5-7-13/h3-9,12,14,20H,10-11H2,1-2H3,(H,17,18,19). The van der Waals surface area contributed by atoms with Crippen LogP contribution in [0.3, 0.4) is 0 Å². The molecular weight excluding hydrogens is 266 g/mol. The van der Waals surface area contributed by atoms with E-state index in [1.54, 1.807) is 12.3 Å². The third kappa shape index (κ3) is 5.04. The van der Waals surface area contributed by atoms with Gasteiger partial charge in [-0.25, -0.2) is 4.98 Å². The van der Waals surface area contributed by atoms with Crippen molar-refractivity contribution in [2.75, 3.05) is 11.9 Å². The summed E-state index contributed by atoms with van der Waals surface area (Å²) >= 11 is 0. The number of benzene rings is 1. The van der Waals surface area contributed by atoms with Gasteiger partial charge in [-0.2, -0.15) is 4.98 Å². The summed E-state index contributed by atoms with van der Waals surface area (Å²) in [5.41, 5.74) is 1.15. The van der Waals surface area contributed by atoms with Crippen LogP contribution in [0.5, 0.6) is 5.88 Å². The van der Waals surface area contributed by atoms with Gasteiger partial charge in [0, 0.05) is 12.3 Å². The Morgan fingerprint density at radius 3 is 2.62 bits per heavy atom. The van der Waals surface area contributed by atoms with Crippen LogP contribution in [0.2, 0.25) is 0 Å². The van der Waals surface area contributed by atoms with Crippen LogP contribution in [0.15, 0.2) is 42.6 Å². The van der Waals surface area contributed by atoms with Crippen LogP contribution >= 0.6 is 0 Å². The van der Waals surface area contributed by atoms with E-state index >= 15 is 0 Å². The van der Waals surface area contributed by atoms with E-state index in [9.17, 15) is 5.11 Å². The van der Waals surface area contributed by atoms with Gasteiger partial charge in [-0.3, -0.25) is 0 Å². The molecule has 1 atom stereocenters. The summed E-state index contributed by atoms with van der Waals surface area (Å²) in [7, 11) is 0. The molecule has 0 aliphatic rings. The van der Waals surface area contributed by atoms with Gasteiger partial charge in [0.2, 0.25) is 11.8 Å². The van der Waals surface area contributed by atoms with E-state index in [0.717, 1.165) is 5.56 Å². The fourth-order valence-corrected chi connectivity index (χ4v) is 1.96. The Morgan fingerprint density at radius 2 is 1.95 bits per heavy atom. The first kappa shape index (κ1) is 15.3. The Bertz CT molecular complexity index is 546. The lowest BCUT2D eigenvalue weighted by atomic mass is 10.1. The normalized spacial score (nSPS) is 12.2. The van der Waals surface area contributed by atoms with Crippen LogP contribution in [0.1, 0.15) is 19.4 Å². The van der Waals surface area contributed by atoms with E-state index in [-0.39, 0.29) is 18.8 Å². The molecule has 0 aliphatic heterocycles. The van der Waals surface area contributed by atoms with Gasteiger partial charge in [0.15, 0.2) is 0 Å². The van der Waals surface area contributed by atoms with Crippen molar-refractivity contribution in [3.05, 3.63) is 48.2 Å². The zero-order chi connectivity index (χ0) is 15.1. The van der Waals surface area contributed by atoms with Gasteiger partial charge in [0.1, 0.15) is 0 Å². The lowest BCUT2D eigenvalue weighted by Gasteiger charge is -2.17. The molecule has 0 bridgehead atoms. The highest BCUT2D eigenvalue weighted by Gasteiger charge is 2.11. The summed E-state index contributed by atoms with van der Waals surface area (Å²) in [5.74, 6) is 0.988. The van der Waals surface area contributed by atoms with Crippen LogP contribution in [0.4, 0.5) is 5.95 Å². The maximum Gasteiger partial charge on any atom is 0.226 e. The van der Waals surface area contributed by atoms with E-state index in [0.29, 0.717) is 18.2 Å². The van der Waals surface area contributed by atoms with Crippen molar-refractivity contribution < 1.29 is 9.84 Å². The molecule has 2 N–H and O–H groups in total. The van der Waals surface area contributed by atoms with Crippen molar-refractivity contribution in [2.45, 2.75) is 32.4 Å². The average molecular weight is 287 g/mol. The molecule has 0 aliphatic carbocycles. The van der Waals surface area contributed by atoms with Gasteiger partial charge < -0.3 is 15.2 Å². The van der Waals surface area contributed by atoms with Crippen molar-refractivity contribution in [3.63, 3.8) is 0 Å². The second-order valence-corrected chi connectivity index (χ2v) is 5.10. The SMILES string of the molecule is CC(C)Oc1ccnc(NC(CO)Cc2ccccc2)n1. The highest BCUT2D eigenvalue weighted by atomic mass is 16.5. The molecule has 1 unspecified atom stereocenters. The summed E-state index contributed by atoms with van der Waals surface area (Å²) in [6.45, 7) is 3.90. The number of ether oxygens (including phenoxy) is 1. The van der Waals surface area contributed by atoms with E-state index < -0.39 is 0 Å². The van der Waals surface area contributed by atoms with Crippen LogP contribution in [-0.4, -0.2) is 33.8 Å². The van der Waals surface area contributed by atoms with Gasteiger partial charge in [0.25, 0.3) is 0 Å². The van der Waals surface area contributed by atoms with Crippen molar-refractivity contribution in [2.24, 2.45) is 0 Å². The van der Waals surface area contributed by atoms with E-state index in [2.05, 4.69) is 15.3 Å². The number of hydrogen-bond donors (Lipinski definition) is 2. The average Bonchev–Trinajstić information content (AvgIpc) is 2.47. The highest BCUT2D eigenvalue weighted by molar-refractivity contribution is 5.30. The molecule has 5 heteroatoms. The van der Waals surface area contributed by atoms with Crippen molar-refractivity contribution in [3.8, 4) is 5.88 Å². The predicted octanol–water partition coefficient (Wildman–Crippen LogP) is 2.28. The molecule has 1 aromatic heterocycles. The number of aliphatic hydroxyl groups is 1. The van der Waals surface area contributed by atoms with Crippen LogP contribution in [0, 0.1) is 0 Å². The van der Waals surface area contributed by atoms with E-state index in [1.165, 1.54) is 0 Å². The summed E-state index contributed by atoms with van der Waals surface area (Å²) in [6.07, 6.45) is 2.41. The quantitative estimate of drug-likeness (QED) is 0.817. The molecule has 2 aromatic rings. The summed E-state index contributed by atoms with van der Waals surface area (Å²) in [6, 6.07) is 11.6. The first-order valence-corrected chi connectivity index (χ1v) is 7.08. The maximum absolute atomic E-state index is 9.51. The molecule has 1 heterocycles. The Labute approximate surface area is 125 Å². The smallest absolute Gasteiger partial charge is 0.226 e. The van der Waals surface area contributed by atoms with Gasteiger partial charge in [-0.15, -0.1) is 0 Å². The summed E-state index contributed by atoms with van der Waals surface area (Å²) in [4.78, 5) is 8.45. The first-order chi connectivity index (χ1) is 10.2. The minimum Gasteiger partial charge on any atom is -0.475 e. The fraction of sp³-hybridized carbons (Fsp3) is 0.375. The number of nitrogens with one attached hydrogen (secondary N) is 1. The Balaban J connectivity index is 2.01. The van der Waals surface area contributed by atoms with Crippen LogP contribution in [-0.2, 0) is 6.42 Å². The molecule has 0 saturated carbocycles. The predicted molar refractivity (Wildman–Crippen MR) is 82.4 cm³/mol. The molecule has 5 nitrogen and oxygen atoms in total. The minimum absolute atomic E-state index is 0.00746. The van der Waals surface area contributed by atoms with Crippen molar-refractivity contribution in [1.29, 1.82) is 0 Å². The molecular formula is C16H21N3O2. The molecule has 0 spiro atoms. The maximum atomic E-state index is 9.51. The minimum atomic E-state index is -0.137. The number of aromatic nitrogens is 2. The number of anilines is 1. The lowest BCUT2D eigenvalue weighted by Crippen LogP contribution is -2.27. The topological polar surface area (TPSA) is 67.3 Å². The number of nitrogens with zero attached hydrogens (tertiary/aromatic N) is 2. The van der Waals surface area contributed by atoms with Gasteiger partial charge >= 0.3 is 0 Å². The Kier molecular flexibility index (Phi) is 5.51. The third-order valence-electron chi connectivity index (χ3n) is 2.87. The zero-order valence-electron chi connectivity index (χ0n) is 12.4.